The Balaban J connectivity index is 2.13. The molecule has 1 saturated heterocycles. The number of nitrogens with one attached hydrogen (secondary N) is 1. The van der Waals surface area contributed by atoms with Gasteiger partial charge in [0.2, 0.25) is 5.82 Å². The van der Waals surface area contributed by atoms with Gasteiger partial charge in [0.1, 0.15) is 0 Å². The van der Waals surface area contributed by atoms with Crippen molar-refractivity contribution in [2.45, 2.75) is 6.10 Å². The van der Waals surface area contributed by atoms with Crippen LogP contribution in [0, 0.1) is 10.1 Å². The van der Waals surface area contributed by atoms with E-state index in [1.807, 2.05) is 0 Å². The van der Waals surface area contributed by atoms with E-state index in [0.717, 1.165) is 13.1 Å². The monoisotopic (exact) mass is 330 g/mol. The van der Waals surface area contributed by atoms with Crippen molar-refractivity contribution in [2.75, 3.05) is 38.2 Å². The molecule has 1 N–H and O–H groups in total. The minimum Gasteiger partial charge on any atom is -0.374 e. The molecule has 1 atom stereocenters. The summed E-state index contributed by atoms with van der Waals surface area (Å²) in [5.41, 5.74) is -0.0133. The van der Waals surface area contributed by atoms with Gasteiger partial charge in [-0.25, -0.2) is 4.98 Å². The first-order valence-corrected chi connectivity index (χ1v) is 6.70. The smallest absolute Gasteiger partial charge is 0.312 e. The van der Waals surface area contributed by atoms with Crippen LogP contribution in [0.5, 0.6) is 0 Å². The van der Waals surface area contributed by atoms with E-state index in [9.17, 15) is 10.1 Å². The zero-order chi connectivity index (χ0) is 13.8. The van der Waals surface area contributed by atoms with Gasteiger partial charge in [-0.1, -0.05) is 0 Å². The number of pyridine rings is 1. The van der Waals surface area contributed by atoms with E-state index >= 15 is 0 Å². The molecule has 1 aromatic rings. The highest BCUT2D eigenvalue weighted by atomic mass is 79.9. The summed E-state index contributed by atoms with van der Waals surface area (Å²) in [5, 5.41) is 14.3. The molecule has 0 radical (unpaired) electrons. The molecule has 1 fully saturated rings. The highest BCUT2D eigenvalue weighted by Gasteiger charge is 2.23. The van der Waals surface area contributed by atoms with Crippen LogP contribution in [0.1, 0.15) is 0 Å². The van der Waals surface area contributed by atoms with Crippen molar-refractivity contribution in [2.24, 2.45) is 0 Å². The fourth-order valence-corrected chi connectivity index (χ4v) is 2.30. The van der Waals surface area contributed by atoms with Gasteiger partial charge in [0.25, 0.3) is 0 Å². The van der Waals surface area contributed by atoms with Crippen molar-refractivity contribution in [1.29, 1.82) is 0 Å². The molecule has 0 saturated carbocycles. The summed E-state index contributed by atoms with van der Waals surface area (Å²) in [6.45, 7) is 2.81. The number of nitrogens with zero attached hydrogens (tertiary/aromatic N) is 3. The molecule has 19 heavy (non-hydrogen) atoms. The molecule has 0 amide bonds. The average Bonchev–Trinajstić information content (AvgIpc) is 2.39. The summed E-state index contributed by atoms with van der Waals surface area (Å²) in [6.07, 6.45) is 1.57. The summed E-state index contributed by atoms with van der Waals surface area (Å²) < 4.78 is 6.17. The number of hydrogen-bond acceptors (Lipinski definition) is 6. The van der Waals surface area contributed by atoms with E-state index in [2.05, 4.69) is 26.2 Å². The first-order valence-electron chi connectivity index (χ1n) is 5.91. The van der Waals surface area contributed by atoms with E-state index < -0.39 is 4.92 Å². The van der Waals surface area contributed by atoms with Crippen LogP contribution in [0.4, 0.5) is 11.5 Å². The van der Waals surface area contributed by atoms with Gasteiger partial charge in [-0.2, -0.15) is 0 Å². The molecule has 2 heterocycles. The highest BCUT2D eigenvalue weighted by Crippen LogP contribution is 2.27. The number of rotatable bonds is 4. The molecule has 1 aliphatic rings. The van der Waals surface area contributed by atoms with Gasteiger partial charge < -0.3 is 15.0 Å². The van der Waals surface area contributed by atoms with Gasteiger partial charge in [-0.3, -0.25) is 10.1 Å². The lowest BCUT2D eigenvalue weighted by atomic mass is 10.2. The van der Waals surface area contributed by atoms with Crippen molar-refractivity contribution in [3.63, 3.8) is 0 Å². The molecule has 1 aliphatic heterocycles. The highest BCUT2D eigenvalue weighted by molar-refractivity contribution is 9.10. The quantitative estimate of drug-likeness (QED) is 0.659. The van der Waals surface area contributed by atoms with E-state index in [1.165, 1.54) is 6.07 Å². The maximum atomic E-state index is 11.0. The van der Waals surface area contributed by atoms with E-state index in [-0.39, 0.29) is 11.8 Å². The molecule has 7 nitrogen and oxygen atoms in total. The molecule has 1 aromatic heterocycles. The number of ether oxygens (including phenoxy) is 1. The fourth-order valence-electron chi connectivity index (χ4n) is 1.98. The average molecular weight is 331 g/mol. The second-order valence-corrected chi connectivity index (χ2v) is 5.25. The van der Waals surface area contributed by atoms with E-state index in [0.29, 0.717) is 23.4 Å². The van der Waals surface area contributed by atoms with Crippen molar-refractivity contribution < 1.29 is 9.66 Å². The zero-order valence-corrected chi connectivity index (χ0v) is 12.1. The molecule has 0 aliphatic carbocycles. The zero-order valence-electron chi connectivity index (χ0n) is 10.5. The normalized spacial score (nSPS) is 19.2. The number of likely N-dealkylation sites (N-methyl/N-ethyl adjacent to an activating group) is 1. The third kappa shape index (κ3) is 3.62. The van der Waals surface area contributed by atoms with Gasteiger partial charge >= 0.3 is 5.69 Å². The Labute approximate surface area is 119 Å². The largest absolute Gasteiger partial charge is 0.374 e. The second kappa shape index (κ2) is 6.27. The number of halogens is 1. The minimum absolute atomic E-state index is 0.0133. The van der Waals surface area contributed by atoms with Crippen LogP contribution >= 0.6 is 15.9 Å². The first kappa shape index (κ1) is 14.2. The summed E-state index contributed by atoms with van der Waals surface area (Å²) in [6, 6.07) is 1.46. The van der Waals surface area contributed by atoms with Crippen molar-refractivity contribution >= 4 is 27.4 Å². The van der Waals surface area contributed by atoms with Crippen molar-refractivity contribution in [3.8, 4) is 0 Å². The number of morpholine rings is 1. The molecule has 0 aromatic carbocycles. The summed E-state index contributed by atoms with van der Waals surface area (Å²) >= 11 is 3.19. The number of anilines is 1. The van der Waals surface area contributed by atoms with Crippen LogP contribution in [0.3, 0.4) is 0 Å². The van der Waals surface area contributed by atoms with Gasteiger partial charge in [-0.05, 0) is 15.9 Å². The number of nitro groups is 1. The summed E-state index contributed by atoms with van der Waals surface area (Å²) in [5.74, 6) is 0.349. The van der Waals surface area contributed by atoms with E-state index in [4.69, 9.17) is 4.74 Å². The summed E-state index contributed by atoms with van der Waals surface area (Å²) in [7, 11) is 1.78. The molecule has 2 rings (SSSR count). The number of hydrogen-bond donors (Lipinski definition) is 1. The van der Waals surface area contributed by atoms with Gasteiger partial charge in [0.15, 0.2) is 0 Å². The van der Waals surface area contributed by atoms with Gasteiger partial charge in [-0.15, -0.1) is 0 Å². The Kier molecular flexibility index (Phi) is 4.67. The Hall–Kier alpha value is -1.25. The molecular weight excluding hydrogens is 316 g/mol. The Morgan fingerprint density at radius 1 is 1.74 bits per heavy atom. The lowest BCUT2D eigenvalue weighted by molar-refractivity contribution is -0.384. The fraction of sp³-hybridized carbons (Fsp3) is 0.545. The third-order valence-corrected chi connectivity index (χ3v) is 3.29. The molecule has 1 unspecified atom stereocenters. The van der Waals surface area contributed by atoms with Crippen LogP contribution in [0.15, 0.2) is 16.7 Å². The SMILES string of the molecule is CN(CC1CNCCO1)c1ncc(Br)cc1[N+](=O)[O-]. The second-order valence-electron chi connectivity index (χ2n) is 4.33. The number of aromatic nitrogens is 1. The Morgan fingerprint density at radius 3 is 3.16 bits per heavy atom. The lowest BCUT2D eigenvalue weighted by Crippen LogP contribution is -2.44. The maximum Gasteiger partial charge on any atom is 0.312 e. The van der Waals surface area contributed by atoms with Gasteiger partial charge in [0.05, 0.1) is 17.6 Å². The van der Waals surface area contributed by atoms with E-state index in [1.54, 1.807) is 18.1 Å². The van der Waals surface area contributed by atoms with Crippen LogP contribution in [0.2, 0.25) is 0 Å². The molecule has 104 valence electrons. The van der Waals surface area contributed by atoms with Gasteiger partial charge in [0, 0.05) is 43.4 Å². The lowest BCUT2D eigenvalue weighted by Gasteiger charge is -2.28. The molecule has 0 spiro atoms. The predicted molar refractivity (Wildman–Crippen MR) is 74.5 cm³/mol. The van der Waals surface area contributed by atoms with Crippen LogP contribution < -0.4 is 10.2 Å². The van der Waals surface area contributed by atoms with Crippen LogP contribution in [-0.4, -0.2) is 49.3 Å². The summed E-state index contributed by atoms with van der Waals surface area (Å²) in [4.78, 5) is 16.5. The molecule has 0 bridgehead atoms. The van der Waals surface area contributed by atoms with Crippen LogP contribution in [-0.2, 0) is 4.74 Å². The molecule has 8 heteroatoms. The van der Waals surface area contributed by atoms with Crippen LogP contribution in [0.25, 0.3) is 0 Å². The predicted octanol–water partition coefficient (Wildman–Crippen LogP) is 1.18. The maximum absolute atomic E-state index is 11.0. The Bertz CT molecular complexity index is 465. The Morgan fingerprint density at radius 2 is 2.53 bits per heavy atom. The standard InChI is InChI=1S/C11H15BrN4O3/c1-15(7-9-6-13-2-3-19-9)11-10(16(17)18)4-8(12)5-14-11/h4-5,9,13H,2-3,6-7H2,1H3. The third-order valence-electron chi connectivity index (χ3n) is 2.85. The first-order chi connectivity index (χ1) is 9.08. The van der Waals surface area contributed by atoms with Crippen molar-refractivity contribution in [1.82, 2.24) is 10.3 Å². The molecular formula is C11H15BrN4O3. The van der Waals surface area contributed by atoms with Crippen molar-refractivity contribution in [3.05, 3.63) is 26.9 Å². The minimum atomic E-state index is -0.427. The topological polar surface area (TPSA) is 80.5 Å².